The second-order valence-corrected chi connectivity index (χ2v) is 20.0. The Labute approximate surface area is 148 Å². The molecule has 23 heavy (non-hydrogen) atoms. The molecule has 0 radical (unpaired) electrons. The molecule has 0 aliphatic carbocycles. The van der Waals surface area contributed by atoms with Gasteiger partial charge in [-0.15, -0.1) is 0 Å². The normalized spacial score (nSPS) is 13.7. The molecule has 0 spiro atoms. The third-order valence-electron chi connectivity index (χ3n) is 3.83. The van der Waals surface area contributed by atoms with Crippen LogP contribution in [0.4, 0.5) is 0 Å². The second-order valence-electron chi connectivity index (χ2n) is 7.99. The maximum absolute atomic E-state index is 6.68. The molecule has 0 aromatic heterocycles. The van der Waals surface area contributed by atoms with Gasteiger partial charge in [-0.3, -0.25) is 4.57 Å². The summed E-state index contributed by atoms with van der Waals surface area (Å²) in [5.74, 6) is 0. The van der Waals surface area contributed by atoms with Crippen LogP contribution in [-0.2, 0) is 8.23 Å². The molecule has 0 bridgehead atoms. The summed E-state index contributed by atoms with van der Waals surface area (Å²) < 4.78 is 15.8. The van der Waals surface area contributed by atoms with Gasteiger partial charge in [-0.25, -0.2) is 0 Å². The summed E-state index contributed by atoms with van der Waals surface area (Å²) in [6, 6.07) is 1.18. The van der Waals surface area contributed by atoms with Crippen molar-refractivity contribution in [1.29, 1.82) is 0 Å². The van der Waals surface area contributed by atoms with Crippen molar-refractivity contribution < 1.29 is 8.23 Å². The third kappa shape index (κ3) is 9.96. The van der Waals surface area contributed by atoms with Gasteiger partial charge in [0.1, 0.15) is 0 Å². The zero-order chi connectivity index (χ0) is 18.3. The molecule has 138 valence electrons. The van der Waals surface area contributed by atoms with Gasteiger partial charge >= 0.3 is 8.56 Å². The molecule has 0 amide bonds. The minimum absolute atomic E-state index is 0.920. The third-order valence-corrected chi connectivity index (χ3v) is 15.5. The van der Waals surface area contributed by atoms with Crippen molar-refractivity contribution in [2.45, 2.75) is 65.6 Å². The first-order valence-electron chi connectivity index (χ1n) is 8.79. The zero-order valence-corrected chi connectivity index (χ0v) is 20.0. The molecule has 0 aliphatic heterocycles. The van der Waals surface area contributed by atoms with Gasteiger partial charge in [0.2, 0.25) is 0 Å². The van der Waals surface area contributed by atoms with E-state index in [0.29, 0.717) is 0 Å². The van der Waals surface area contributed by atoms with Crippen LogP contribution in [0.2, 0.25) is 45.3 Å². The van der Waals surface area contributed by atoms with Crippen molar-refractivity contribution >= 4 is 25.4 Å². The maximum atomic E-state index is 6.68. The first-order chi connectivity index (χ1) is 10.4. The summed E-state index contributed by atoms with van der Waals surface area (Å²) in [7, 11) is -3.75. The Balaban J connectivity index is 4.83. The molecule has 0 aromatic carbocycles. The number of hydrogen-bond acceptors (Lipinski definition) is 4. The predicted octanol–water partition coefficient (Wildman–Crippen LogP) is 4.14. The Morgan fingerprint density at radius 2 is 1.65 bits per heavy atom. The van der Waals surface area contributed by atoms with Gasteiger partial charge in [-0.1, -0.05) is 19.1 Å². The number of hydrogen-bond donors (Lipinski definition) is 1. The zero-order valence-electron chi connectivity index (χ0n) is 17.0. The fourth-order valence-corrected chi connectivity index (χ4v) is 17.1. The SMILES string of the molecule is C=C(C)CN(CC)[Si](C)(C)O[Si](C)(C)O[Si](C)(C)CCCNC. The number of nitrogens with zero attached hydrogens (tertiary/aromatic N) is 1. The van der Waals surface area contributed by atoms with E-state index in [2.05, 4.69) is 69.6 Å². The molecule has 0 rings (SSSR count). The van der Waals surface area contributed by atoms with Crippen LogP contribution in [0, 0.1) is 0 Å². The topological polar surface area (TPSA) is 33.7 Å². The highest BCUT2D eigenvalue weighted by Gasteiger charge is 2.42. The van der Waals surface area contributed by atoms with E-state index in [1.807, 2.05) is 7.05 Å². The van der Waals surface area contributed by atoms with Crippen LogP contribution >= 0.6 is 0 Å². The quantitative estimate of drug-likeness (QED) is 0.315. The molecule has 7 heteroatoms. The van der Waals surface area contributed by atoms with Crippen LogP contribution in [0.15, 0.2) is 12.2 Å². The van der Waals surface area contributed by atoms with E-state index in [9.17, 15) is 0 Å². The lowest BCUT2D eigenvalue weighted by Crippen LogP contribution is -2.60. The van der Waals surface area contributed by atoms with E-state index in [1.165, 1.54) is 18.0 Å². The lowest BCUT2D eigenvalue weighted by atomic mass is 10.3. The molecule has 0 fully saturated rings. The van der Waals surface area contributed by atoms with E-state index in [4.69, 9.17) is 8.23 Å². The van der Waals surface area contributed by atoms with E-state index in [1.54, 1.807) is 0 Å². The minimum atomic E-state index is -2.13. The maximum Gasteiger partial charge on any atom is 0.312 e. The van der Waals surface area contributed by atoms with Crippen LogP contribution in [0.25, 0.3) is 0 Å². The van der Waals surface area contributed by atoms with Crippen LogP contribution in [0.1, 0.15) is 20.3 Å². The molecule has 0 saturated carbocycles. The molecule has 0 aromatic rings. The van der Waals surface area contributed by atoms with E-state index < -0.39 is 25.4 Å². The van der Waals surface area contributed by atoms with Gasteiger partial charge in [0, 0.05) is 6.54 Å². The predicted molar refractivity (Wildman–Crippen MR) is 110 cm³/mol. The van der Waals surface area contributed by atoms with Crippen molar-refractivity contribution in [3.05, 3.63) is 12.2 Å². The van der Waals surface area contributed by atoms with Crippen LogP contribution in [-0.4, -0.2) is 56.6 Å². The summed E-state index contributed by atoms with van der Waals surface area (Å²) in [6.07, 6.45) is 1.18. The fourth-order valence-electron chi connectivity index (χ4n) is 3.10. The minimum Gasteiger partial charge on any atom is -0.436 e. The lowest BCUT2D eigenvalue weighted by molar-refractivity contribution is 0.327. The highest BCUT2D eigenvalue weighted by Crippen LogP contribution is 2.25. The highest BCUT2D eigenvalue weighted by atomic mass is 28.5. The summed E-state index contributed by atoms with van der Waals surface area (Å²) in [5, 5.41) is 3.22. The molecule has 0 aliphatic rings. The Bertz CT molecular complexity index is 374. The molecular weight excluding hydrogens is 336 g/mol. The van der Waals surface area contributed by atoms with Crippen molar-refractivity contribution in [3.8, 4) is 0 Å². The van der Waals surface area contributed by atoms with Crippen molar-refractivity contribution in [1.82, 2.24) is 9.88 Å². The van der Waals surface area contributed by atoms with Crippen molar-refractivity contribution in [2.75, 3.05) is 26.7 Å². The van der Waals surface area contributed by atoms with Gasteiger partial charge in [0.05, 0.1) is 0 Å². The molecule has 4 nitrogen and oxygen atoms in total. The Morgan fingerprint density at radius 1 is 1.09 bits per heavy atom. The number of likely N-dealkylation sites (N-methyl/N-ethyl adjacent to an activating group) is 1. The average Bonchev–Trinajstić information content (AvgIpc) is 2.32. The Hall–Kier alpha value is 0.231. The van der Waals surface area contributed by atoms with Crippen molar-refractivity contribution in [2.24, 2.45) is 0 Å². The number of rotatable bonds is 12. The first-order valence-corrected chi connectivity index (χ1v) is 17.6. The summed E-state index contributed by atoms with van der Waals surface area (Å²) >= 11 is 0. The lowest BCUT2D eigenvalue weighted by Gasteiger charge is -2.43. The standard InChI is InChI=1S/C16H40N2O2Si3/c1-11-18(15-16(2)3)22(7,8)20-23(9,10)19-21(5,6)14-12-13-17-4/h17H,2,11-15H2,1,3-10H3. The molecular formula is C16H40N2O2Si3. The monoisotopic (exact) mass is 376 g/mol. The smallest absolute Gasteiger partial charge is 0.312 e. The van der Waals surface area contributed by atoms with Crippen LogP contribution in [0.3, 0.4) is 0 Å². The first kappa shape index (κ1) is 23.2. The fraction of sp³-hybridized carbons (Fsp3) is 0.875. The van der Waals surface area contributed by atoms with Gasteiger partial charge in [-0.05, 0) is 78.8 Å². The van der Waals surface area contributed by atoms with Gasteiger partial charge in [0.25, 0.3) is 8.48 Å². The highest BCUT2D eigenvalue weighted by molar-refractivity contribution is 6.87. The van der Waals surface area contributed by atoms with E-state index in [0.717, 1.165) is 19.6 Å². The largest absolute Gasteiger partial charge is 0.436 e. The van der Waals surface area contributed by atoms with Crippen LogP contribution < -0.4 is 5.32 Å². The van der Waals surface area contributed by atoms with Gasteiger partial charge < -0.3 is 13.5 Å². The molecule has 0 saturated heterocycles. The molecule has 0 unspecified atom stereocenters. The van der Waals surface area contributed by atoms with Gasteiger partial charge in [-0.2, -0.15) is 0 Å². The molecule has 1 N–H and O–H groups in total. The van der Waals surface area contributed by atoms with E-state index >= 15 is 0 Å². The Morgan fingerprint density at radius 3 is 2.09 bits per heavy atom. The summed E-state index contributed by atoms with van der Waals surface area (Å²) in [4.78, 5) is 0. The Kier molecular flexibility index (Phi) is 9.74. The van der Waals surface area contributed by atoms with Gasteiger partial charge in [0.15, 0.2) is 8.32 Å². The summed E-state index contributed by atoms with van der Waals surface area (Å²) in [5.41, 5.74) is 1.19. The average molecular weight is 377 g/mol. The van der Waals surface area contributed by atoms with Crippen molar-refractivity contribution in [3.63, 3.8) is 0 Å². The summed E-state index contributed by atoms with van der Waals surface area (Å²) in [6.45, 7) is 25.0. The number of nitrogens with one attached hydrogen (secondary N) is 1. The molecule has 0 atom stereocenters. The molecule has 0 heterocycles. The van der Waals surface area contributed by atoms with Crippen LogP contribution in [0.5, 0.6) is 0 Å². The van der Waals surface area contributed by atoms with E-state index in [-0.39, 0.29) is 0 Å². The second kappa shape index (κ2) is 9.65.